The van der Waals surface area contributed by atoms with Gasteiger partial charge in [0.05, 0.1) is 11.1 Å². The number of H-pyrrole nitrogens is 1. The average molecular weight is 281 g/mol. The molecule has 0 unspecified atom stereocenters. The number of aromatic amines is 1. The second-order valence-electron chi connectivity index (χ2n) is 4.90. The van der Waals surface area contributed by atoms with Gasteiger partial charge in [-0.2, -0.15) is 4.98 Å². The lowest BCUT2D eigenvalue weighted by molar-refractivity contribution is 0.444. The van der Waals surface area contributed by atoms with Gasteiger partial charge in [-0.3, -0.25) is 9.78 Å². The van der Waals surface area contributed by atoms with Gasteiger partial charge in [-0.05, 0) is 25.5 Å². The van der Waals surface area contributed by atoms with Gasteiger partial charge in [0.1, 0.15) is 5.82 Å². The summed E-state index contributed by atoms with van der Waals surface area (Å²) in [6, 6.07) is 9.49. The van der Waals surface area contributed by atoms with Gasteiger partial charge in [-0.1, -0.05) is 25.1 Å². The van der Waals surface area contributed by atoms with Crippen LogP contribution in [0.5, 0.6) is 5.88 Å². The SMILES string of the molecule is CCc1c(O)nc(-c2cc(C)nc3ccccc23)[nH]c1=O. The van der Waals surface area contributed by atoms with Crippen molar-refractivity contribution < 1.29 is 5.11 Å². The van der Waals surface area contributed by atoms with E-state index in [1.54, 1.807) is 6.92 Å². The zero-order valence-electron chi connectivity index (χ0n) is 11.8. The molecule has 3 rings (SSSR count). The van der Waals surface area contributed by atoms with Gasteiger partial charge in [-0.25, -0.2) is 0 Å². The third-order valence-electron chi connectivity index (χ3n) is 3.45. The molecule has 2 N–H and O–H groups in total. The summed E-state index contributed by atoms with van der Waals surface area (Å²) in [5.41, 5.74) is 2.40. The van der Waals surface area contributed by atoms with Crippen LogP contribution in [0.25, 0.3) is 22.3 Å². The second kappa shape index (κ2) is 5.01. The number of benzene rings is 1. The minimum Gasteiger partial charge on any atom is -0.493 e. The van der Waals surface area contributed by atoms with Crippen molar-refractivity contribution in [2.45, 2.75) is 20.3 Å². The van der Waals surface area contributed by atoms with Crippen LogP contribution in [-0.4, -0.2) is 20.1 Å². The molecule has 0 bridgehead atoms. The maximum Gasteiger partial charge on any atom is 0.258 e. The summed E-state index contributed by atoms with van der Waals surface area (Å²) in [6.07, 6.45) is 0.435. The maximum absolute atomic E-state index is 12.0. The smallest absolute Gasteiger partial charge is 0.258 e. The number of aryl methyl sites for hydroxylation is 1. The molecular weight excluding hydrogens is 266 g/mol. The first kappa shape index (κ1) is 13.3. The molecule has 2 heterocycles. The van der Waals surface area contributed by atoms with E-state index in [0.29, 0.717) is 17.8 Å². The summed E-state index contributed by atoms with van der Waals surface area (Å²) in [4.78, 5) is 23.4. The van der Waals surface area contributed by atoms with Crippen molar-refractivity contribution >= 4 is 10.9 Å². The average Bonchev–Trinajstić information content (AvgIpc) is 2.46. The van der Waals surface area contributed by atoms with Crippen LogP contribution in [0.15, 0.2) is 35.1 Å². The number of para-hydroxylation sites is 1. The minimum atomic E-state index is -0.307. The number of rotatable bonds is 2. The lowest BCUT2D eigenvalue weighted by atomic mass is 10.1. The first-order valence-electron chi connectivity index (χ1n) is 6.79. The van der Waals surface area contributed by atoms with E-state index in [2.05, 4.69) is 15.0 Å². The minimum absolute atomic E-state index is 0.213. The van der Waals surface area contributed by atoms with Crippen molar-refractivity contribution in [2.24, 2.45) is 0 Å². The van der Waals surface area contributed by atoms with Gasteiger partial charge in [-0.15, -0.1) is 0 Å². The fourth-order valence-electron chi connectivity index (χ4n) is 2.44. The fraction of sp³-hybridized carbons (Fsp3) is 0.188. The highest BCUT2D eigenvalue weighted by Crippen LogP contribution is 2.26. The third kappa shape index (κ3) is 2.27. The Bertz CT molecular complexity index is 884. The zero-order chi connectivity index (χ0) is 15.0. The van der Waals surface area contributed by atoms with E-state index in [1.807, 2.05) is 37.3 Å². The number of fused-ring (bicyclic) bond motifs is 1. The Labute approximate surface area is 121 Å². The number of hydrogen-bond acceptors (Lipinski definition) is 4. The van der Waals surface area contributed by atoms with Crippen LogP contribution in [0.3, 0.4) is 0 Å². The molecule has 0 fully saturated rings. The molecule has 0 spiro atoms. The summed E-state index contributed by atoms with van der Waals surface area (Å²) in [5, 5.41) is 10.8. The molecule has 106 valence electrons. The highest BCUT2D eigenvalue weighted by Gasteiger charge is 2.13. The van der Waals surface area contributed by atoms with E-state index < -0.39 is 0 Å². The van der Waals surface area contributed by atoms with Gasteiger partial charge < -0.3 is 10.1 Å². The number of pyridine rings is 1. The topological polar surface area (TPSA) is 78.9 Å². The quantitative estimate of drug-likeness (QED) is 0.756. The van der Waals surface area contributed by atoms with Gasteiger partial charge >= 0.3 is 0 Å². The standard InChI is InChI=1S/C16H15N3O2/c1-3-10-15(20)18-14(19-16(10)21)12-8-9(2)17-13-7-5-4-6-11(12)13/h4-8H,3H2,1-2H3,(H2,18,19,20,21). The van der Waals surface area contributed by atoms with Gasteiger partial charge in [0, 0.05) is 16.6 Å². The number of aromatic nitrogens is 3. The molecule has 0 aliphatic heterocycles. The summed E-state index contributed by atoms with van der Waals surface area (Å²) < 4.78 is 0. The molecule has 21 heavy (non-hydrogen) atoms. The molecule has 0 aliphatic rings. The molecule has 5 nitrogen and oxygen atoms in total. The Kier molecular flexibility index (Phi) is 3.17. The molecule has 3 aromatic rings. The first-order valence-corrected chi connectivity index (χ1v) is 6.79. The predicted molar refractivity (Wildman–Crippen MR) is 81.4 cm³/mol. The molecule has 0 saturated heterocycles. The van der Waals surface area contributed by atoms with Crippen molar-refractivity contribution in [3.8, 4) is 17.3 Å². The maximum atomic E-state index is 12.0. The lowest BCUT2D eigenvalue weighted by Crippen LogP contribution is -2.14. The Morgan fingerprint density at radius 2 is 2.00 bits per heavy atom. The summed E-state index contributed by atoms with van der Waals surface area (Å²) in [7, 11) is 0. The van der Waals surface area contributed by atoms with Crippen LogP contribution in [0.1, 0.15) is 18.2 Å². The van der Waals surface area contributed by atoms with E-state index in [4.69, 9.17) is 0 Å². The molecular formula is C16H15N3O2. The monoisotopic (exact) mass is 281 g/mol. The number of nitrogens with one attached hydrogen (secondary N) is 1. The highest BCUT2D eigenvalue weighted by molar-refractivity contribution is 5.92. The summed E-state index contributed by atoms with van der Waals surface area (Å²) in [6.45, 7) is 3.69. The Morgan fingerprint density at radius 1 is 1.24 bits per heavy atom. The second-order valence-corrected chi connectivity index (χ2v) is 4.90. The van der Waals surface area contributed by atoms with E-state index in [1.165, 1.54) is 0 Å². The number of aromatic hydroxyl groups is 1. The fourth-order valence-corrected chi connectivity index (χ4v) is 2.44. The van der Waals surface area contributed by atoms with Crippen LogP contribution >= 0.6 is 0 Å². The highest BCUT2D eigenvalue weighted by atomic mass is 16.3. The van der Waals surface area contributed by atoms with E-state index >= 15 is 0 Å². The van der Waals surface area contributed by atoms with E-state index in [9.17, 15) is 9.90 Å². The lowest BCUT2D eigenvalue weighted by Gasteiger charge is -2.08. The largest absolute Gasteiger partial charge is 0.493 e. The predicted octanol–water partition coefficient (Wildman–Crippen LogP) is 2.56. The van der Waals surface area contributed by atoms with Crippen LogP contribution in [-0.2, 0) is 6.42 Å². The molecule has 1 aromatic carbocycles. The number of hydrogen-bond donors (Lipinski definition) is 2. The Balaban J connectivity index is 2.33. The van der Waals surface area contributed by atoms with E-state index in [0.717, 1.165) is 22.2 Å². The van der Waals surface area contributed by atoms with Gasteiger partial charge in [0.2, 0.25) is 5.88 Å². The molecule has 0 aliphatic carbocycles. The molecule has 0 saturated carbocycles. The molecule has 0 amide bonds. The number of nitrogens with zero attached hydrogens (tertiary/aromatic N) is 2. The van der Waals surface area contributed by atoms with Crippen LogP contribution < -0.4 is 5.56 Å². The van der Waals surface area contributed by atoms with Crippen LogP contribution in [0.4, 0.5) is 0 Å². The zero-order valence-corrected chi connectivity index (χ0v) is 11.8. The first-order chi connectivity index (χ1) is 10.1. The van der Waals surface area contributed by atoms with Crippen molar-refractivity contribution in [3.05, 3.63) is 51.9 Å². The van der Waals surface area contributed by atoms with Gasteiger partial charge in [0.25, 0.3) is 5.56 Å². The molecule has 0 radical (unpaired) electrons. The summed E-state index contributed by atoms with van der Waals surface area (Å²) in [5.74, 6) is 0.145. The molecule has 0 atom stereocenters. The van der Waals surface area contributed by atoms with Crippen molar-refractivity contribution in [1.82, 2.24) is 15.0 Å². The van der Waals surface area contributed by atoms with Crippen molar-refractivity contribution in [2.75, 3.05) is 0 Å². The molecule has 5 heteroatoms. The van der Waals surface area contributed by atoms with Crippen molar-refractivity contribution in [1.29, 1.82) is 0 Å². The van der Waals surface area contributed by atoms with E-state index in [-0.39, 0.29) is 11.4 Å². The normalized spacial score (nSPS) is 11.0. The van der Waals surface area contributed by atoms with Crippen molar-refractivity contribution in [3.63, 3.8) is 0 Å². The van der Waals surface area contributed by atoms with Crippen LogP contribution in [0, 0.1) is 6.92 Å². The Hall–Kier alpha value is -2.69. The molecule has 2 aromatic heterocycles. The summed E-state index contributed by atoms with van der Waals surface area (Å²) >= 11 is 0. The van der Waals surface area contributed by atoms with Gasteiger partial charge in [0.15, 0.2) is 0 Å². The third-order valence-corrected chi connectivity index (χ3v) is 3.45. The van der Waals surface area contributed by atoms with Crippen LogP contribution in [0.2, 0.25) is 0 Å². The Morgan fingerprint density at radius 3 is 2.71 bits per heavy atom.